The molecule has 1 unspecified atom stereocenters. The molecular formula is C24H36FN3O6S. The lowest BCUT2D eigenvalue weighted by Gasteiger charge is -2.28. The number of fused-ring (bicyclic) bond motifs is 2. The number of hydrogen-bond donors (Lipinski definition) is 3. The maximum absolute atomic E-state index is 13.4. The maximum atomic E-state index is 13.4. The van der Waals surface area contributed by atoms with Gasteiger partial charge in [-0.1, -0.05) is 26.0 Å². The lowest BCUT2D eigenvalue weighted by Crippen LogP contribution is -2.57. The number of rotatable bonds is 4. The molecule has 2 saturated carbocycles. The highest BCUT2D eigenvalue weighted by Gasteiger charge is 2.63. The predicted octanol–water partition coefficient (Wildman–Crippen LogP) is 1.17. The topological polar surface area (TPSA) is 133 Å². The number of nitrogens with one attached hydrogen (secondary N) is 2. The second-order valence-corrected chi connectivity index (χ2v) is 13.2. The average molecular weight is 514 g/mol. The van der Waals surface area contributed by atoms with E-state index in [0.29, 0.717) is 5.92 Å². The SMILES string of the molecule is CC1CC/C=C\[C@@H]2C[C@@]2(C(=O)NS(=O)(=O)C2(CF)CC2)NC(=O)[C@@H]2C[C@@H](O)CN2C(=O)C[C@H](C)C1. The summed E-state index contributed by atoms with van der Waals surface area (Å²) < 4.78 is 39.2. The van der Waals surface area contributed by atoms with Gasteiger partial charge in [-0.15, -0.1) is 0 Å². The zero-order valence-electron chi connectivity index (χ0n) is 20.3. The van der Waals surface area contributed by atoms with E-state index in [1.807, 2.05) is 23.8 Å². The van der Waals surface area contributed by atoms with Gasteiger partial charge in [-0.05, 0) is 50.4 Å². The van der Waals surface area contributed by atoms with E-state index < -0.39 is 56.9 Å². The largest absolute Gasteiger partial charge is 0.391 e. The fraction of sp³-hybridized carbons (Fsp3) is 0.792. The Bertz CT molecular complexity index is 1010. The van der Waals surface area contributed by atoms with Crippen LogP contribution in [0.3, 0.4) is 0 Å². The van der Waals surface area contributed by atoms with Crippen molar-refractivity contribution in [3.8, 4) is 0 Å². The van der Waals surface area contributed by atoms with Crippen LogP contribution in [0.2, 0.25) is 0 Å². The van der Waals surface area contributed by atoms with E-state index >= 15 is 0 Å². The minimum atomic E-state index is -4.25. The van der Waals surface area contributed by atoms with E-state index in [-0.39, 0.29) is 50.5 Å². The molecule has 4 rings (SSSR count). The average Bonchev–Trinajstić information content (AvgIpc) is 3.67. The summed E-state index contributed by atoms with van der Waals surface area (Å²) in [6.07, 6.45) is 6.22. The van der Waals surface area contributed by atoms with Gasteiger partial charge in [-0.3, -0.25) is 19.1 Å². The molecule has 35 heavy (non-hydrogen) atoms. The summed E-state index contributed by atoms with van der Waals surface area (Å²) in [5, 5.41) is 12.9. The highest BCUT2D eigenvalue weighted by atomic mass is 32.2. The number of carbonyl (C=O) groups is 3. The van der Waals surface area contributed by atoms with Gasteiger partial charge in [0.2, 0.25) is 21.8 Å². The summed E-state index contributed by atoms with van der Waals surface area (Å²) >= 11 is 0. The lowest BCUT2D eigenvalue weighted by atomic mass is 9.91. The standard InChI is InChI=1S/C24H36FN3O6S/c1-15-5-3-4-6-17-12-24(17,22(32)27-35(33,34)23(14-25)7-8-23)26-21(31)19-11-18(29)13-28(19)20(30)10-16(2)9-15/h4,6,15-19,29H,3,5,7-14H2,1-2H3,(H,26,31)(H,27,32)/b6-4-/t15?,16-,17-,18-,19+,24-/m1/s1. The molecular weight excluding hydrogens is 477 g/mol. The molecule has 0 aromatic rings. The van der Waals surface area contributed by atoms with E-state index in [2.05, 4.69) is 12.2 Å². The quantitative estimate of drug-likeness (QED) is 0.484. The molecule has 196 valence electrons. The van der Waals surface area contributed by atoms with Gasteiger partial charge in [-0.25, -0.2) is 12.8 Å². The number of nitrogens with zero attached hydrogens (tertiary/aromatic N) is 1. The van der Waals surface area contributed by atoms with Crippen LogP contribution in [0, 0.1) is 17.8 Å². The smallest absolute Gasteiger partial charge is 0.259 e. The number of aliphatic hydroxyl groups is 1. The van der Waals surface area contributed by atoms with Crippen molar-refractivity contribution in [2.75, 3.05) is 13.2 Å². The molecule has 9 nitrogen and oxygen atoms in total. The van der Waals surface area contributed by atoms with Gasteiger partial charge >= 0.3 is 0 Å². The summed E-state index contributed by atoms with van der Waals surface area (Å²) in [4.78, 5) is 40.9. The van der Waals surface area contributed by atoms with Crippen LogP contribution in [-0.2, 0) is 24.4 Å². The van der Waals surface area contributed by atoms with Crippen LogP contribution in [0.1, 0.15) is 65.2 Å². The van der Waals surface area contributed by atoms with Crippen LogP contribution in [-0.4, -0.2) is 71.8 Å². The van der Waals surface area contributed by atoms with Crippen molar-refractivity contribution in [3.63, 3.8) is 0 Å². The Kier molecular flexibility index (Phi) is 7.04. The molecule has 3 N–H and O–H groups in total. The summed E-state index contributed by atoms with van der Waals surface area (Å²) in [6.45, 7) is 3.09. The number of amides is 3. The van der Waals surface area contributed by atoms with Crippen molar-refractivity contribution in [3.05, 3.63) is 12.2 Å². The molecule has 11 heteroatoms. The first-order valence-corrected chi connectivity index (χ1v) is 14.0. The van der Waals surface area contributed by atoms with Crippen LogP contribution >= 0.6 is 0 Å². The molecule has 2 heterocycles. The zero-order valence-corrected chi connectivity index (χ0v) is 21.2. The maximum Gasteiger partial charge on any atom is 0.259 e. The minimum absolute atomic E-state index is 0.0368. The van der Waals surface area contributed by atoms with E-state index in [9.17, 15) is 32.3 Å². The van der Waals surface area contributed by atoms with Crippen LogP contribution in [0.15, 0.2) is 12.2 Å². The van der Waals surface area contributed by atoms with Gasteiger partial charge in [0.15, 0.2) is 0 Å². The van der Waals surface area contributed by atoms with Crippen molar-refractivity contribution in [1.29, 1.82) is 0 Å². The Hall–Kier alpha value is -2.01. The Balaban J connectivity index is 1.59. The number of alkyl halides is 1. The molecule has 4 aliphatic rings. The fourth-order valence-corrected chi connectivity index (χ4v) is 6.93. The minimum Gasteiger partial charge on any atom is -0.391 e. The Morgan fingerprint density at radius 3 is 2.63 bits per heavy atom. The summed E-state index contributed by atoms with van der Waals surface area (Å²) in [5.41, 5.74) is -1.49. The number of aliphatic hydroxyl groups excluding tert-OH is 1. The number of sulfonamides is 1. The van der Waals surface area contributed by atoms with E-state index in [1.165, 1.54) is 4.90 Å². The van der Waals surface area contributed by atoms with E-state index in [4.69, 9.17) is 0 Å². The summed E-state index contributed by atoms with van der Waals surface area (Å²) in [6, 6.07) is -0.945. The third-order valence-corrected chi connectivity index (χ3v) is 10.2. The number of hydrogen-bond acceptors (Lipinski definition) is 6. The first-order chi connectivity index (χ1) is 16.4. The van der Waals surface area contributed by atoms with Crippen molar-refractivity contribution < 1.29 is 32.3 Å². The highest BCUT2D eigenvalue weighted by Crippen LogP contribution is 2.47. The first kappa shape index (κ1) is 26.1. The molecule has 0 spiro atoms. The van der Waals surface area contributed by atoms with Crippen LogP contribution < -0.4 is 10.0 Å². The molecule has 0 radical (unpaired) electrons. The summed E-state index contributed by atoms with van der Waals surface area (Å²) in [7, 11) is -4.25. The molecule has 2 aliphatic carbocycles. The van der Waals surface area contributed by atoms with Gasteiger partial charge in [0.05, 0.1) is 6.10 Å². The monoisotopic (exact) mass is 513 g/mol. The van der Waals surface area contributed by atoms with Gasteiger partial charge in [0.1, 0.15) is 23.0 Å². The second-order valence-electron chi connectivity index (χ2n) is 11.1. The Labute approximate surface area is 205 Å². The molecule has 3 amide bonds. The van der Waals surface area contributed by atoms with Gasteiger partial charge in [-0.2, -0.15) is 0 Å². The Morgan fingerprint density at radius 2 is 1.97 bits per heavy atom. The highest BCUT2D eigenvalue weighted by molar-refractivity contribution is 7.91. The van der Waals surface area contributed by atoms with Gasteiger partial charge in [0.25, 0.3) is 5.91 Å². The number of carbonyl (C=O) groups excluding carboxylic acids is 3. The molecule has 3 fully saturated rings. The van der Waals surface area contributed by atoms with Gasteiger partial charge < -0.3 is 15.3 Å². The summed E-state index contributed by atoms with van der Waals surface area (Å²) in [5.74, 6) is -1.63. The van der Waals surface area contributed by atoms with Crippen LogP contribution in [0.4, 0.5) is 4.39 Å². The molecule has 0 aromatic heterocycles. The first-order valence-electron chi connectivity index (χ1n) is 12.5. The fourth-order valence-electron chi connectivity index (χ4n) is 5.50. The third-order valence-electron chi connectivity index (χ3n) is 8.04. The number of halogens is 1. The molecule has 0 bridgehead atoms. The van der Waals surface area contributed by atoms with Crippen molar-refractivity contribution in [2.45, 2.75) is 87.6 Å². The normalized spacial score (nSPS) is 38.3. The zero-order chi connectivity index (χ0) is 25.6. The van der Waals surface area contributed by atoms with Gasteiger partial charge in [0, 0.05) is 25.3 Å². The molecule has 1 saturated heterocycles. The van der Waals surface area contributed by atoms with Crippen LogP contribution in [0.25, 0.3) is 0 Å². The van der Waals surface area contributed by atoms with Crippen LogP contribution in [0.5, 0.6) is 0 Å². The number of allylic oxidation sites excluding steroid dienone is 1. The van der Waals surface area contributed by atoms with Crippen molar-refractivity contribution in [2.24, 2.45) is 17.8 Å². The molecule has 2 aliphatic heterocycles. The predicted molar refractivity (Wildman–Crippen MR) is 126 cm³/mol. The third kappa shape index (κ3) is 5.12. The van der Waals surface area contributed by atoms with Crippen molar-refractivity contribution >= 4 is 27.7 Å². The molecule has 6 atom stereocenters. The second kappa shape index (κ2) is 9.46. The van der Waals surface area contributed by atoms with Crippen molar-refractivity contribution in [1.82, 2.24) is 14.9 Å². The Morgan fingerprint density at radius 1 is 1.26 bits per heavy atom. The van der Waals surface area contributed by atoms with E-state index in [0.717, 1.165) is 19.3 Å². The lowest BCUT2D eigenvalue weighted by molar-refractivity contribution is -0.140. The molecule has 0 aromatic carbocycles. The van der Waals surface area contributed by atoms with E-state index in [1.54, 1.807) is 0 Å².